The molecule has 0 radical (unpaired) electrons. The van der Waals surface area contributed by atoms with Gasteiger partial charge in [-0.05, 0) is 67.5 Å². The highest BCUT2D eigenvalue weighted by Gasteiger charge is 2.42. The van der Waals surface area contributed by atoms with Crippen LogP contribution < -0.4 is 5.32 Å². The summed E-state index contributed by atoms with van der Waals surface area (Å²) in [5, 5.41) is 4.17. The van der Waals surface area contributed by atoms with Crippen LogP contribution in [0.1, 0.15) is 36.3 Å². The van der Waals surface area contributed by atoms with Gasteiger partial charge >= 0.3 is 0 Å². The fourth-order valence-corrected chi connectivity index (χ4v) is 4.74. The number of pyridine rings is 1. The van der Waals surface area contributed by atoms with E-state index in [0.717, 1.165) is 36.5 Å². The van der Waals surface area contributed by atoms with Crippen LogP contribution in [0.3, 0.4) is 0 Å². The largest absolute Gasteiger partial charge is 0.376 e. The van der Waals surface area contributed by atoms with E-state index < -0.39 is 0 Å². The lowest BCUT2D eigenvalue weighted by Gasteiger charge is -2.30. The Balaban J connectivity index is 1.57. The SMILES string of the molecule is Fc1cccc(-n2cccc2[C@@H]2[C@H](c3ccccn3)NC(=S)N2C[C@@H]2CCCO2)c1. The predicted octanol–water partition coefficient (Wildman–Crippen LogP) is 4.16. The molecule has 0 aliphatic carbocycles. The third-order valence-electron chi connectivity index (χ3n) is 5.79. The number of hydrogen-bond donors (Lipinski definition) is 1. The van der Waals surface area contributed by atoms with Gasteiger partial charge in [-0.3, -0.25) is 4.98 Å². The molecule has 2 fully saturated rings. The molecule has 2 aromatic heterocycles. The Morgan fingerprint density at radius 3 is 2.87 bits per heavy atom. The summed E-state index contributed by atoms with van der Waals surface area (Å²) in [5.74, 6) is -0.260. The zero-order valence-electron chi connectivity index (χ0n) is 16.4. The highest BCUT2D eigenvalue weighted by atomic mass is 32.1. The van der Waals surface area contributed by atoms with Crippen molar-refractivity contribution in [2.24, 2.45) is 0 Å². The van der Waals surface area contributed by atoms with Crippen LogP contribution in [0, 0.1) is 5.82 Å². The molecule has 0 unspecified atom stereocenters. The molecule has 0 bridgehead atoms. The quantitative estimate of drug-likeness (QED) is 0.626. The number of hydrogen-bond acceptors (Lipinski definition) is 3. The average molecular weight is 423 g/mol. The standard InChI is InChI=1S/C23H23FN4OS/c24-16-6-3-7-17(14-16)27-12-4-10-20(27)22-21(19-9-1-2-11-25-19)26-23(30)28(22)15-18-8-5-13-29-18/h1-4,6-7,9-12,14,18,21-22H,5,8,13,15H2,(H,26,30)/t18-,21-,22+/m0/s1. The van der Waals surface area contributed by atoms with Gasteiger partial charge < -0.3 is 19.5 Å². The van der Waals surface area contributed by atoms with Gasteiger partial charge in [0.2, 0.25) is 0 Å². The molecule has 154 valence electrons. The second-order valence-electron chi connectivity index (χ2n) is 7.70. The highest BCUT2D eigenvalue weighted by molar-refractivity contribution is 7.80. The van der Waals surface area contributed by atoms with Gasteiger partial charge in [0.1, 0.15) is 5.82 Å². The van der Waals surface area contributed by atoms with Crippen molar-refractivity contribution < 1.29 is 9.13 Å². The van der Waals surface area contributed by atoms with Gasteiger partial charge in [-0.1, -0.05) is 12.1 Å². The smallest absolute Gasteiger partial charge is 0.170 e. The lowest BCUT2D eigenvalue weighted by atomic mass is 10.0. The highest BCUT2D eigenvalue weighted by Crippen LogP contribution is 2.40. The Hall–Kier alpha value is -2.77. The molecule has 0 saturated carbocycles. The summed E-state index contributed by atoms with van der Waals surface area (Å²) in [6.07, 6.45) is 6.03. The lowest BCUT2D eigenvalue weighted by molar-refractivity contribution is 0.0836. The lowest BCUT2D eigenvalue weighted by Crippen LogP contribution is -2.36. The van der Waals surface area contributed by atoms with Crippen molar-refractivity contribution in [2.75, 3.05) is 13.2 Å². The van der Waals surface area contributed by atoms with E-state index in [9.17, 15) is 4.39 Å². The van der Waals surface area contributed by atoms with Crippen LogP contribution in [0.25, 0.3) is 5.69 Å². The average Bonchev–Trinajstić information content (AvgIpc) is 3.50. The molecule has 7 heteroatoms. The molecule has 5 nitrogen and oxygen atoms in total. The van der Waals surface area contributed by atoms with E-state index >= 15 is 0 Å². The van der Waals surface area contributed by atoms with Crippen LogP contribution in [0.2, 0.25) is 0 Å². The second-order valence-corrected chi connectivity index (χ2v) is 8.08. The minimum atomic E-state index is -0.260. The summed E-state index contributed by atoms with van der Waals surface area (Å²) in [7, 11) is 0. The van der Waals surface area contributed by atoms with Gasteiger partial charge in [-0.15, -0.1) is 0 Å². The van der Waals surface area contributed by atoms with Crippen molar-refractivity contribution in [3.8, 4) is 5.69 Å². The van der Waals surface area contributed by atoms with Gasteiger partial charge in [-0.25, -0.2) is 4.39 Å². The van der Waals surface area contributed by atoms with Gasteiger partial charge in [0.15, 0.2) is 5.11 Å². The number of nitrogens with one attached hydrogen (secondary N) is 1. The zero-order valence-corrected chi connectivity index (χ0v) is 17.3. The maximum absolute atomic E-state index is 13.9. The van der Waals surface area contributed by atoms with Crippen molar-refractivity contribution in [3.05, 3.63) is 84.2 Å². The van der Waals surface area contributed by atoms with E-state index in [1.807, 2.05) is 41.1 Å². The number of nitrogens with zero attached hydrogens (tertiary/aromatic N) is 3. The first-order chi connectivity index (χ1) is 14.7. The minimum absolute atomic E-state index is 0.0881. The molecule has 3 atom stereocenters. The van der Waals surface area contributed by atoms with Gasteiger partial charge in [0, 0.05) is 36.9 Å². The van der Waals surface area contributed by atoms with Crippen molar-refractivity contribution in [3.63, 3.8) is 0 Å². The number of thiocarbonyl (C=S) groups is 1. The first-order valence-electron chi connectivity index (χ1n) is 10.2. The molecule has 2 aliphatic heterocycles. The number of rotatable bonds is 5. The molecule has 30 heavy (non-hydrogen) atoms. The summed E-state index contributed by atoms with van der Waals surface area (Å²) in [6.45, 7) is 1.51. The molecule has 5 rings (SSSR count). The fraction of sp³-hybridized carbons (Fsp3) is 0.304. The topological polar surface area (TPSA) is 42.3 Å². The van der Waals surface area contributed by atoms with E-state index in [2.05, 4.69) is 21.3 Å². The number of halogens is 1. The molecule has 2 saturated heterocycles. The Morgan fingerprint density at radius 2 is 2.10 bits per heavy atom. The van der Waals surface area contributed by atoms with E-state index in [1.54, 1.807) is 18.3 Å². The fourth-order valence-electron chi connectivity index (χ4n) is 4.43. The zero-order chi connectivity index (χ0) is 20.5. The molecule has 2 aliphatic rings. The van der Waals surface area contributed by atoms with E-state index in [4.69, 9.17) is 17.0 Å². The summed E-state index contributed by atoms with van der Waals surface area (Å²) >= 11 is 5.75. The van der Waals surface area contributed by atoms with Crippen LogP contribution >= 0.6 is 12.2 Å². The maximum Gasteiger partial charge on any atom is 0.170 e. The second kappa shape index (κ2) is 8.16. The van der Waals surface area contributed by atoms with Crippen LogP contribution in [0.4, 0.5) is 4.39 Å². The maximum atomic E-state index is 13.9. The summed E-state index contributed by atoms with van der Waals surface area (Å²) < 4.78 is 21.9. The van der Waals surface area contributed by atoms with Crippen LogP contribution in [0.5, 0.6) is 0 Å². The van der Waals surface area contributed by atoms with Gasteiger partial charge in [-0.2, -0.15) is 0 Å². The summed E-state index contributed by atoms with van der Waals surface area (Å²) in [6, 6.07) is 16.4. The Labute approximate surface area is 180 Å². The molecule has 4 heterocycles. The molecule has 0 spiro atoms. The summed E-state index contributed by atoms with van der Waals surface area (Å²) in [5.41, 5.74) is 2.73. The van der Waals surface area contributed by atoms with Gasteiger partial charge in [0.05, 0.1) is 23.9 Å². The van der Waals surface area contributed by atoms with E-state index in [-0.39, 0.29) is 24.0 Å². The predicted molar refractivity (Wildman–Crippen MR) is 117 cm³/mol. The van der Waals surface area contributed by atoms with E-state index in [0.29, 0.717) is 11.7 Å². The van der Waals surface area contributed by atoms with Crippen molar-refractivity contribution in [1.29, 1.82) is 0 Å². The van der Waals surface area contributed by atoms with Crippen molar-refractivity contribution in [2.45, 2.75) is 31.0 Å². The van der Waals surface area contributed by atoms with Gasteiger partial charge in [0.25, 0.3) is 0 Å². The molecular formula is C23H23FN4OS. The van der Waals surface area contributed by atoms with Crippen LogP contribution in [0.15, 0.2) is 67.0 Å². The normalized spacial score (nSPS) is 23.7. The minimum Gasteiger partial charge on any atom is -0.376 e. The number of benzene rings is 1. The van der Waals surface area contributed by atoms with Crippen LogP contribution in [-0.4, -0.2) is 38.8 Å². The number of ether oxygens (including phenoxy) is 1. The first-order valence-corrected chi connectivity index (χ1v) is 10.6. The molecule has 0 amide bonds. The monoisotopic (exact) mass is 422 g/mol. The Bertz CT molecular complexity index is 1030. The van der Waals surface area contributed by atoms with E-state index in [1.165, 1.54) is 6.07 Å². The first kappa shape index (κ1) is 19.2. The number of aromatic nitrogens is 2. The molecule has 1 N–H and O–H groups in total. The molecule has 3 aromatic rings. The van der Waals surface area contributed by atoms with Crippen molar-refractivity contribution >= 4 is 17.3 Å². The Morgan fingerprint density at radius 1 is 1.17 bits per heavy atom. The van der Waals surface area contributed by atoms with Crippen molar-refractivity contribution in [1.82, 2.24) is 19.8 Å². The summed E-state index contributed by atoms with van der Waals surface area (Å²) in [4.78, 5) is 6.79. The third-order valence-corrected chi connectivity index (χ3v) is 6.14. The van der Waals surface area contributed by atoms with Crippen LogP contribution in [-0.2, 0) is 4.74 Å². The molecule has 1 aromatic carbocycles. The molecular weight excluding hydrogens is 399 g/mol. The Kier molecular flexibility index (Phi) is 5.23. The third kappa shape index (κ3) is 3.59.